The zero-order valence-electron chi connectivity index (χ0n) is 8.44. The molecule has 0 aromatic heterocycles. The molecular weight excluding hydrogens is 236 g/mol. The normalized spacial score (nSPS) is 9.38. The van der Waals surface area contributed by atoms with Crippen molar-refractivity contribution in [1.29, 1.82) is 0 Å². The van der Waals surface area contributed by atoms with Gasteiger partial charge in [0.05, 0.1) is 7.11 Å². The fourth-order valence-corrected chi connectivity index (χ4v) is 0.986. The lowest BCUT2D eigenvalue weighted by molar-refractivity contribution is 0.121. The van der Waals surface area contributed by atoms with Gasteiger partial charge in [0.1, 0.15) is 12.4 Å². The molecule has 5 nitrogen and oxygen atoms in total. The van der Waals surface area contributed by atoms with Crippen molar-refractivity contribution in [1.82, 2.24) is 0 Å². The summed E-state index contributed by atoms with van der Waals surface area (Å²) in [5.74, 6) is 0.341. The van der Waals surface area contributed by atoms with Crippen LogP contribution in [0, 0.1) is 0 Å². The molecule has 0 amide bonds. The summed E-state index contributed by atoms with van der Waals surface area (Å²) in [7, 11) is 1.22. The molecule has 1 aromatic carbocycles. The Balaban J connectivity index is 2.54. The number of hydrogen-bond acceptors (Lipinski definition) is 5. The van der Waals surface area contributed by atoms with Crippen LogP contribution in [0.1, 0.15) is 5.56 Å². The highest BCUT2D eigenvalue weighted by Crippen LogP contribution is 2.13. The molecule has 1 rings (SSSR count). The summed E-state index contributed by atoms with van der Waals surface area (Å²) in [6.45, 7) is 0.0703. The molecule has 0 aliphatic carbocycles. The number of carbonyl (C=O) groups is 2. The molecule has 0 bridgehead atoms. The Morgan fingerprint density at radius 2 is 1.88 bits per heavy atom. The van der Waals surface area contributed by atoms with Crippen molar-refractivity contribution in [3.8, 4) is 5.75 Å². The number of carbonyl (C=O) groups excluding carboxylic acids is 2. The summed E-state index contributed by atoms with van der Waals surface area (Å²) < 4.78 is 13.6. The minimum Gasteiger partial charge on any atom is -0.449 e. The maximum atomic E-state index is 10.7. The molecule has 1 aromatic rings. The molecular formula is C10H9ClO5. The maximum absolute atomic E-state index is 10.7. The highest BCUT2D eigenvalue weighted by Gasteiger charge is 2.03. The first kappa shape index (κ1) is 12.3. The lowest BCUT2D eigenvalue weighted by Gasteiger charge is -2.04. The van der Waals surface area contributed by atoms with Crippen molar-refractivity contribution >= 4 is 23.2 Å². The third-order valence-corrected chi connectivity index (χ3v) is 1.75. The van der Waals surface area contributed by atoms with Crippen LogP contribution in [0.4, 0.5) is 9.59 Å². The van der Waals surface area contributed by atoms with Crippen LogP contribution in [-0.2, 0) is 16.1 Å². The molecule has 86 valence electrons. The Morgan fingerprint density at radius 1 is 1.25 bits per heavy atom. The van der Waals surface area contributed by atoms with Gasteiger partial charge in [0.2, 0.25) is 0 Å². The van der Waals surface area contributed by atoms with Crippen molar-refractivity contribution < 1.29 is 23.8 Å². The van der Waals surface area contributed by atoms with Gasteiger partial charge >= 0.3 is 11.6 Å². The summed E-state index contributed by atoms with van der Waals surface area (Å²) in [5, 5.41) is 0. The molecule has 0 aliphatic heterocycles. The van der Waals surface area contributed by atoms with Gasteiger partial charge < -0.3 is 14.2 Å². The number of ether oxygens (including phenoxy) is 3. The molecule has 0 fully saturated rings. The van der Waals surface area contributed by atoms with E-state index >= 15 is 0 Å². The Labute approximate surface area is 96.9 Å². The Kier molecular flexibility index (Phi) is 4.60. The van der Waals surface area contributed by atoms with Crippen molar-refractivity contribution in [3.63, 3.8) is 0 Å². The van der Waals surface area contributed by atoms with Gasteiger partial charge in [-0.25, -0.2) is 9.59 Å². The van der Waals surface area contributed by atoms with E-state index in [9.17, 15) is 9.59 Å². The van der Waals surface area contributed by atoms with E-state index in [0.29, 0.717) is 5.75 Å². The van der Waals surface area contributed by atoms with Gasteiger partial charge in [-0.15, -0.1) is 0 Å². The number of methoxy groups -OCH3 is 1. The largest absolute Gasteiger partial charge is 0.513 e. The van der Waals surface area contributed by atoms with Crippen LogP contribution < -0.4 is 4.74 Å². The fourth-order valence-electron chi connectivity index (χ4n) is 0.932. The van der Waals surface area contributed by atoms with Crippen molar-refractivity contribution in [2.45, 2.75) is 6.61 Å². The van der Waals surface area contributed by atoms with Crippen LogP contribution in [0.3, 0.4) is 0 Å². The average molecular weight is 245 g/mol. The van der Waals surface area contributed by atoms with E-state index in [1.54, 1.807) is 24.3 Å². The second-order valence-corrected chi connectivity index (χ2v) is 3.04. The van der Waals surface area contributed by atoms with E-state index in [1.807, 2.05) is 0 Å². The van der Waals surface area contributed by atoms with Crippen molar-refractivity contribution in [2.24, 2.45) is 0 Å². The summed E-state index contributed by atoms with van der Waals surface area (Å²) >= 11 is 5.00. The van der Waals surface area contributed by atoms with E-state index in [0.717, 1.165) is 5.56 Å². The highest BCUT2D eigenvalue weighted by atomic mass is 35.5. The van der Waals surface area contributed by atoms with Gasteiger partial charge in [-0.2, -0.15) is 0 Å². The SMILES string of the molecule is COC(=O)Oc1ccc(COC(=O)Cl)cc1. The predicted octanol–water partition coefficient (Wildman–Crippen LogP) is 2.71. The number of hydrogen-bond donors (Lipinski definition) is 0. The molecule has 16 heavy (non-hydrogen) atoms. The second kappa shape index (κ2) is 5.97. The van der Waals surface area contributed by atoms with Gasteiger partial charge in [0.25, 0.3) is 0 Å². The number of rotatable bonds is 3. The molecule has 0 heterocycles. The van der Waals surface area contributed by atoms with Gasteiger partial charge in [-0.3, -0.25) is 0 Å². The lowest BCUT2D eigenvalue weighted by atomic mass is 10.2. The van der Waals surface area contributed by atoms with E-state index in [-0.39, 0.29) is 6.61 Å². The molecule has 0 spiro atoms. The third-order valence-electron chi connectivity index (χ3n) is 1.64. The predicted molar refractivity (Wildman–Crippen MR) is 55.5 cm³/mol. The van der Waals surface area contributed by atoms with Crippen molar-refractivity contribution in [2.75, 3.05) is 7.11 Å². The van der Waals surface area contributed by atoms with Gasteiger partial charge in [0, 0.05) is 11.6 Å². The average Bonchev–Trinajstić information content (AvgIpc) is 2.28. The first-order valence-corrected chi connectivity index (χ1v) is 4.66. The quantitative estimate of drug-likeness (QED) is 0.465. The van der Waals surface area contributed by atoms with Crippen LogP contribution in [0.25, 0.3) is 0 Å². The summed E-state index contributed by atoms with van der Waals surface area (Å²) in [5.41, 5.74) is -0.138. The lowest BCUT2D eigenvalue weighted by Crippen LogP contribution is -2.07. The summed E-state index contributed by atoms with van der Waals surface area (Å²) in [6.07, 6.45) is -0.792. The van der Waals surface area contributed by atoms with Crippen LogP contribution in [0.15, 0.2) is 24.3 Å². The molecule has 0 atom stereocenters. The van der Waals surface area contributed by atoms with E-state index in [1.165, 1.54) is 7.11 Å². The minimum absolute atomic E-state index is 0.0703. The van der Waals surface area contributed by atoms with E-state index in [2.05, 4.69) is 9.47 Å². The van der Waals surface area contributed by atoms with Gasteiger partial charge in [-0.1, -0.05) is 12.1 Å². The summed E-state index contributed by atoms with van der Waals surface area (Å²) in [4.78, 5) is 21.1. The third kappa shape index (κ3) is 4.18. The van der Waals surface area contributed by atoms with Crippen LogP contribution in [0.5, 0.6) is 5.75 Å². The van der Waals surface area contributed by atoms with Crippen LogP contribution >= 0.6 is 11.6 Å². The van der Waals surface area contributed by atoms with E-state index < -0.39 is 11.6 Å². The Hall–Kier alpha value is -1.75. The highest BCUT2D eigenvalue weighted by molar-refractivity contribution is 6.61. The molecule has 0 unspecified atom stereocenters. The van der Waals surface area contributed by atoms with Gasteiger partial charge in [0.15, 0.2) is 0 Å². The molecule has 0 N–H and O–H groups in total. The second-order valence-electron chi connectivity index (χ2n) is 2.73. The summed E-state index contributed by atoms with van der Waals surface area (Å²) in [6, 6.07) is 6.37. The zero-order chi connectivity index (χ0) is 12.0. The molecule has 0 saturated carbocycles. The van der Waals surface area contributed by atoms with Crippen LogP contribution in [0.2, 0.25) is 0 Å². The number of benzene rings is 1. The molecule has 0 radical (unpaired) electrons. The van der Waals surface area contributed by atoms with E-state index in [4.69, 9.17) is 16.3 Å². The molecule has 0 aliphatic rings. The fraction of sp³-hybridized carbons (Fsp3) is 0.200. The minimum atomic E-state index is -0.866. The smallest absolute Gasteiger partial charge is 0.449 e. The van der Waals surface area contributed by atoms with Crippen molar-refractivity contribution in [3.05, 3.63) is 29.8 Å². The van der Waals surface area contributed by atoms with Gasteiger partial charge in [-0.05, 0) is 17.7 Å². The van der Waals surface area contributed by atoms with Crippen LogP contribution in [-0.4, -0.2) is 18.7 Å². The topological polar surface area (TPSA) is 61.8 Å². The maximum Gasteiger partial charge on any atom is 0.513 e. The molecule has 0 saturated heterocycles. The molecule has 6 heteroatoms. The zero-order valence-corrected chi connectivity index (χ0v) is 9.19. The first-order chi connectivity index (χ1) is 7.61. The Bertz CT molecular complexity index is 373. The monoisotopic (exact) mass is 244 g/mol. The first-order valence-electron chi connectivity index (χ1n) is 4.29. The number of halogens is 1. The Morgan fingerprint density at radius 3 is 2.38 bits per heavy atom. The standard InChI is InChI=1S/C10H9ClO5/c1-14-10(13)16-8-4-2-7(3-5-8)6-15-9(11)12/h2-5H,6H2,1H3.